The van der Waals surface area contributed by atoms with Crippen LogP contribution in [-0.4, -0.2) is 0 Å². The van der Waals surface area contributed by atoms with Gasteiger partial charge in [0.25, 0.3) is 0 Å². The zero-order valence-corrected chi connectivity index (χ0v) is 35.8. The number of hydrogen-bond acceptors (Lipinski definition) is 0. The van der Waals surface area contributed by atoms with Gasteiger partial charge in [-0.3, -0.25) is 0 Å². The molecule has 0 saturated carbocycles. The van der Waals surface area contributed by atoms with Crippen LogP contribution in [0.1, 0.15) is 0 Å². The van der Waals surface area contributed by atoms with E-state index in [0.29, 0.717) is 0 Å². The smallest absolute Gasteiger partial charge is 1.00 e. The molecule has 0 aliphatic carbocycles. The number of hydrogen-bond donors (Lipinski definition) is 0. The van der Waals surface area contributed by atoms with Crippen LogP contribution >= 0.6 is 0 Å². The molecule has 0 radical (unpaired) electrons. The van der Waals surface area contributed by atoms with Gasteiger partial charge in [-0.1, -0.05) is 192 Å². The quantitative estimate of drug-likeness (QED) is 0.157. The largest absolute Gasteiger partial charge is 2.00 e. The summed E-state index contributed by atoms with van der Waals surface area (Å²) in [7, 11) is 0. The molecule has 0 aromatic heterocycles. The van der Waals surface area contributed by atoms with Crippen molar-refractivity contribution in [3.63, 3.8) is 0 Å². The Morgan fingerprint density at radius 1 is 0.222 bits per heavy atom. The van der Waals surface area contributed by atoms with Gasteiger partial charge in [-0.25, -0.2) is 0 Å². The Bertz CT molecular complexity index is 2350. The molecule has 0 nitrogen and oxygen atoms in total. The van der Waals surface area contributed by atoms with E-state index in [9.17, 15) is 0 Å². The van der Waals surface area contributed by atoms with E-state index in [1.807, 2.05) is 0 Å². The van der Waals surface area contributed by atoms with Gasteiger partial charge in [0.15, 0.2) is 0 Å². The number of benzene rings is 8. The fourth-order valence-electron chi connectivity index (χ4n) is 7.29. The Kier molecular flexibility index (Phi) is 14.0. The van der Waals surface area contributed by atoms with E-state index in [-0.39, 0.29) is 77.2 Å². The summed E-state index contributed by atoms with van der Waals surface area (Å²) in [5.41, 5.74) is 10.1. The Labute approximate surface area is 367 Å². The van der Waals surface area contributed by atoms with E-state index in [1.165, 1.54) is 87.6 Å². The minimum atomic E-state index is 0. The van der Waals surface area contributed by atoms with Gasteiger partial charge >= 0.3 is 52.4 Å². The van der Waals surface area contributed by atoms with Crippen LogP contribution in [0.15, 0.2) is 206 Å². The van der Waals surface area contributed by atoms with E-state index in [4.69, 9.17) is 0 Å². The summed E-state index contributed by atoms with van der Waals surface area (Å²) >= 11 is 0. The molecule has 0 heterocycles. The van der Waals surface area contributed by atoms with Crippen molar-refractivity contribution in [3.8, 4) is 44.5 Å². The van der Waals surface area contributed by atoms with Gasteiger partial charge in [0.1, 0.15) is 0 Å². The van der Waals surface area contributed by atoms with Crippen LogP contribution < -0.4 is 24.8 Å². The van der Waals surface area contributed by atoms with Crippen molar-refractivity contribution >= 4 is 43.1 Å². The molecule has 0 atom stereocenters. The first-order valence-corrected chi connectivity index (χ1v) is 17.2. The molecule has 256 valence electrons. The Morgan fingerprint density at radius 2 is 0.426 bits per heavy atom. The number of rotatable bonds is 4. The van der Waals surface area contributed by atoms with E-state index in [2.05, 4.69) is 206 Å². The maximum Gasteiger partial charge on any atom is 2.00 e. The van der Waals surface area contributed by atoms with Crippen LogP contribution in [0.4, 0.5) is 0 Å². The summed E-state index contributed by atoms with van der Waals surface area (Å²) < 4.78 is 0. The summed E-state index contributed by atoms with van der Waals surface area (Å²) in [5, 5.41) is 10.5. The van der Waals surface area contributed by atoms with Crippen molar-refractivity contribution < 1.29 is 77.2 Å². The summed E-state index contributed by atoms with van der Waals surface area (Å²) in [6, 6.07) is 74.0. The molecule has 54 heavy (non-hydrogen) atoms. The first-order chi connectivity index (χ1) is 24.8. The third kappa shape index (κ3) is 8.39. The summed E-state index contributed by atoms with van der Waals surface area (Å²) in [4.78, 5) is 0. The summed E-state index contributed by atoms with van der Waals surface area (Å²) in [5.74, 6) is 0. The monoisotopic (exact) mass is 884 g/mol. The second-order valence-corrected chi connectivity index (χ2v) is 13.0. The van der Waals surface area contributed by atoms with E-state index < -0.39 is 0 Å². The van der Waals surface area contributed by atoms with Crippen molar-refractivity contribution in [2.24, 2.45) is 0 Å². The molecular weight excluding hydrogens is 854 g/mol. The van der Waals surface area contributed by atoms with Crippen molar-refractivity contribution in [2.45, 2.75) is 0 Å². The SMILES string of the molecule is [Cl-].[Cl-].[Zr+2].[Zr+2].c1ccc(-c2ccc3c(c2)[cH-]c2cc(-c4ccccc4)ccc23)cc1.c1ccc(-c2ccc3c(c2)[cH-]c2cc(-c4ccccc4)ccc23)cc1. The van der Waals surface area contributed by atoms with Crippen LogP contribution in [-0.2, 0) is 52.4 Å². The van der Waals surface area contributed by atoms with E-state index >= 15 is 0 Å². The average molecular weight is 888 g/mol. The molecule has 4 heteroatoms. The fraction of sp³-hybridized carbons (Fsp3) is 0. The topological polar surface area (TPSA) is 0 Å². The first-order valence-electron chi connectivity index (χ1n) is 17.2. The number of halogens is 2. The standard InChI is InChI=1S/2C25H17.2ClH.2Zr/c2*1-3-7-18(8-4-1)20-11-13-24-22(15-20)17-23-16-21(12-14-25(23)24)19-9-5-2-6-10-19;;;;/h2*1-17H;2*1H;;/q2*-1;;;2*+2/p-2. The van der Waals surface area contributed by atoms with Crippen LogP contribution in [0.2, 0.25) is 0 Å². The Hall–Kier alpha value is -4.15. The van der Waals surface area contributed by atoms with Crippen molar-refractivity contribution in [1.29, 1.82) is 0 Å². The minimum Gasteiger partial charge on any atom is -1.00 e. The third-order valence-electron chi connectivity index (χ3n) is 9.84. The fourth-order valence-corrected chi connectivity index (χ4v) is 7.29. The molecular formula is C50H34Cl2Zr2. The second-order valence-electron chi connectivity index (χ2n) is 13.0. The van der Waals surface area contributed by atoms with Crippen LogP contribution in [0.5, 0.6) is 0 Å². The van der Waals surface area contributed by atoms with Crippen LogP contribution in [0.25, 0.3) is 87.6 Å². The summed E-state index contributed by atoms with van der Waals surface area (Å²) in [6.07, 6.45) is 0. The maximum atomic E-state index is 2.31. The van der Waals surface area contributed by atoms with Crippen LogP contribution in [0.3, 0.4) is 0 Å². The van der Waals surface area contributed by atoms with Gasteiger partial charge in [0.05, 0.1) is 0 Å². The average Bonchev–Trinajstić information content (AvgIpc) is 3.76. The zero-order valence-electron chi connectivity index (χ0n) is 29.4. The van der Waals surface area contributed by atoms with Crippen LogP contribution in [0, 0.1) is 0 Å². The molecule has 0 amide bonds. The van der Waals surface area contributed by atoms with Gasteiger partial charge in [-0.2, -0.15) is 0 Å². The second kappa shape index (κ2) is 18.5. The maximum absolute atomic E-state index is 2.31. The summed E-state index contributed by atoms with van der Waals surface area (Å²) in [6.45, 7) is 0. The van der Waals surface area contributed by atoms with Crippen molar-refractivity contribution in [3.05, 3.63) is 206 Å². The molecule has 0 aliphatic heterocycles. The Morgan fingerprint density at radius 3 is 0.630 bits per heavy atom. The number of fused-ring (bicyclic) bond motifs is 6. The van der Waals surface area contributed by atoms with Crippen molar-refractivity contribution in [2.75, 3.05) is 0 Å². The normalized spacial score (nSPS) is 10.4. The zero-order chi connectivity index (χ0) is 33.3. The van der Waals surface area contributed by atoms with Gasteiger partial charge in [0.2, 0.25) is 0 Å². The molecule has 10 rings (SSSR count). The van der Waals surface area contributed by atoms with Crippen molar-refractivity contribution in [1.82, 2.24) is 0 Å². The molecule has 0 unspecified atom stereocenters. The van der Waals surface area contributed by atoms with Gasteiger partial charge < -0.3 is 24.8 Å². The molecule has 0 N–H and O–H groups in total. The molecule has 10 aromatic rings. The Balaban J connectivity index is 0.000000193. The third-order valence-corrected chi connectivity index (χ3v) is 9.84. The first kappa shape index (κ1) is 41.0. The van der Waals surface area contributed by atoms with E-state index in [0.717, 1.165) is 0 Å². The van der Waals surface area contributed by atoms with Gasteiger partial charge in [0, 0.05) is 0 Å². The van der Waals surface area contributed by atoms with Gasteiger partial charge in [-0.15, -0.1) is 79.5 Å². The predicted molar refractivity (Wildman–Crippen MR) is 216 cm³/mol. The predicted octanol–water partition coefficient (Wildman–Crippen LogP) is 8.09. The molecule has 0 spiro atoms. The van der Waals surface area contributed by atoms with Gasteiger partial charge in [-0.05, 0) is 22.3 Å². The molecule has 0 fully saturated rings. The van der Waals surface area contributed by atoms with E-state index in [1.54, 1.807) is 0 Å². The molecule has 10 aromatic carbocycles. The molecule has 0 aliphatic rings. The minimum absolute atomic E-state index is 0. The molecule has 0 bridgehead atoms. The molecule has 0 saturated heterocycles.